The van der Waals surface area contributed by atoms with Gasteiger partial charge in [0.2, 0.25) is 5.91 Å². The van der Waals surface area contributed by atoms with E-state index >= 15 is 0 Å². The van der Waals surface area contributed by atoms with Crippen molar-refractivity contribution < 1.29 is 14.6 Å². The Hall–Kier alpha value is -0.650. The fourth-order valence-corrected chi connectivity index (χ4v) is 1.12. The van der Waals surface area contributed by atoms with Crippen LogP contribution in [0.2, 0.25) is 0 Å². The number of methoxy groups -OCH3 is 1. The SMILES string of the molecule is COCC(O)CN(C)CCNC(C)=O. The highest BCUT2D eigenvalue weighted by molar-refractivity contribution is 5.72. The van der Waals surface area contributed by atoms with Crippen LogP contribution < -0.4 is 5.32 Å². The van der Waals surface area contributed by atoms with Gasteiger partial charge in [0, 0.05) is 33.7 Å². The van der Waals surface area contributed by atoms with Gasteiger partial charge in [0.05, 0.1) is 12.7 Å². The second-order valence-corrected chi connectivity index (χ2v) is 3.35. The molecule has 0 saturated heterocycles. The van der Waals surface area contributed by atoms with Gasteiger partial charge in [-0.05, 0) is 7.05 Å². The summed E-state index contributed by atoms with van der Waals surface area (Å²) in [5, 5.41) is 12.1. The molecule has 0 radical (unpaired) electrons. The second-order valence-electron chi connectivity index (χ2n) is 3.35. The molecular formula is C9H20N2O3. The van der Waals surface area contributed by atoms with E-state index in [0.29, 0.717) is 19.7 Å². The Morgan fingerprint density at radius 3 is 2.79 bits per heavy atom. The van der Waals surface area contributed by atoms with Crippen LogP contribution in [0.25, 0.3) is 0 Å². The van der Waals surface area contributed by atoms with Crippen LogP contribution >= 0.6 is 0 Å². The van der Waals surface area contributed by atoms with Crippen molar-refractivity contribution in [1.82, 2.24) is 10.2 Å². The molecule has 5 nitrogen and oxygen atoms in total. The van der Waals surface area contributed by atoms with Gasteiger partial charge >= 0.3 is 0 Å². The van der Waals surface area contributed by atoms with E-state index in [2.05, 4.69) is 5.32 Å². The molecule has 1 amide bonds. The van der Waals surface area contributed by atoms with Crippen molar-refractivity contribution in [2.45, 2.75) is 13.0 Å². The van der Waals surface area contributed by atoms with Crippen molar-refractivity contribution in [3.8, 4) is 0 Å². The molecule has 0 bridgehead atoms. The molecule has 0 aliphatic heterocycles. The van der Waals surface area contributed by atoms with E-state index in [1.165, 1.54) is 6.92 Å². The molecule has 1 unspecified atom stereocenters. The number of aliphatic hydroxyl groups excluding tert-OH is 1. The van der Waals surface area contributed by atoms with Crippen molar-refractivity contribution in [3.63, 3.8) is 0 Å². The number of hydrogen-bond acceptors (Lipinski definition) is 4. The maximum Gasteiger partial charge on any atom is 0.216 e. The molecule has 0 saturated carbocycles. The highest BCUT2D eigenvalue weighted by Crippen LogP contribution is 1.89. The summed E-state index contributed by atoms with van der Waals surface area (Å²) in [5.74, 6) is -0.0316. The van der Waals surface area contributed by atoms with E-state index in [1.54, 1.807) is 7.11 Å². The second kappa shape index (κ2) is 7.73. The molecule has 0 aromatic heterocycles. The lowest BCUT2D eigenvalue weighted by atomic mass is 10.3. The zero-order valence-electron chi connectivity index (χ0n) is 9.12. The van der Waals surface area contributed by atoms with Crippen molar-refractivity contribution in [2.24, 2.45) is 0 Å². The molecule has 0 aromatic carbocycles. The zero-order chi connectivity index (χ0) is 11.0. The lowest BCUT2D eigenvalue weighted by molar-refractivity contribution is -0.119. The van der Waals surface area contributed by atoms with Crippen molar-refractivity contribution in [3.05, 3.63) is 0 Å². The van der Waals surface area contributed by atoms with Crippen LogP contribution in [0.4, 0.5) is 0 Å². The van der Waals surface area contributed by atoms with Gasteiger partial charge in [-0.2, -0.15) is 0 Å². The highest BCUT2D eigenvalue weighted by atomic mass is 16.5. The molecule has 0 aromatic rings. The normalized spacial score (nSPS) is 12.9. The van der Waals surface area contributed by atoms with Crippen LogP contribution in [-0.4, -0.2) is 62.4 Å². The van der Waals surface area contributed by atoms with E-state index in [0.717, 1.165) is 6.54 Å². The van der Waals surface area contributed by atoms with Gasteiger partial charge < -0.3 is 20.1 Å². The van der Waals surface area contributed by atoms with Gasteiger partial charge in [0.1, 0.15) is 0 Å². The van der Waals surface area contributed by atoms with Crippen molar-refractivity contribution >= 4 is 5.91 Å². The van der Waals surface area contributed by atoms with Crippen LogP contribution in [0.5, 0.6) is 0 Å². The van der Waals surface area contributed by atoms with E-state index in [4.69, 9.17) is 4.74 Å². The van der Waals surface area contributed by atoms with Crippen LogP contribution in [0, 0.1) is 0 Å². The summed E-state index contributed by atoms with van der Waals surface area (Å²) in [4.78, 5) is 12.5. The lowest BCUT2D eigenvalue weighted by Gasteiger charge is -2.19. The molecule has 1 atom stereocenters. The summed E-state index contributed by atoms with van der Waals surface area (Å²) in [6.07, 6.45) is -0.470. The van der Waals surface area contributed by atoms with Gasteiger partial charge in [-0.3, -0.25) is 4.79 Å². The number of nitrogens with zero attached hydrogens (tertiary/aromatic N) is 1. The first-order valence-electron chi connectivity index (χ1n) is 4.66. The summed E-state index contributed by atoms with van der Waals surface area (Å²) in [7, 11) is 3.45. The first-order valence-corrected chi connectivity index (χ1v) is 4.66. The monoisotopic (exact) mass is 204 g/mol. The predicted molar refractivity (Wildman–Crippen MR) is 54.1 cm³/mol. The molecule has 0 heterocycles. The number of aliphatic hydroxyl groups is 1. The molecule has 2 N–H and O–H groups in total. The number of hydrogen-bond donors (Lipinski definition) is 2. The molecule has 0 aliphatic carbocycles. The Bertz CT molecular complexity index is 164. The van der Waals surface area contributed by atoms with Crippen LogP contribution in [0.1, 0.15) is 6.92 Å². The zero-order valence-corrected chi connectivity index (χ0v) is 9.12. The molecule has 5 heteroatoms. The average Bonchev–Trinajstić information content (AvgIpc) is 2.03. The van der Waals surface area contributed by atoms with Gasteiger partial charge in [0.25, 0.3) is 0 Å². The third kappa shape index (κ3) is 7.97. The van der Waals surface area contributed by atoms with Crippen LogP contribution in [0.15, 0.2) is 0 Å². The Labute approximate surface area is 85.0 Å². The molecule has 0 fully saturated rings. The van der Waals surface area contributed by atoms with Crippen LogP contribution in [-0.2, 0) is 9.53 Å². The number of carbonyl (C=O) groups excluding carboxylic acids is 1. The fraction of sp³-hybridized carbons (Fsp3) is 0.889. The average molecular weight is 204 g/mol. The topological polar surface area (TPSA) is 61.8 Å². The summed E-state index contributed by atoms with van der Waals surface area (Å²) >= 11 is 0. The van der Waals surface area contributed by atoms with Gasteiger partial charge in [-0.25, -0.2) is 0 Å². The summed E-state index contributed by atoms with van der Waals surface area (Å²) in [6, 6.07) is 0. The standard InChI is InChI=1S/C9H20N2O3/c1-8(12)10-4-5-11(2)6-9(13)7-14-3/h9,13H,4-7H2,1-3H3,(H,10,12). The van der Waals surface area contributed by atoms with E-state index < -0.39 is 6.10 Å². The molecule has 84 valence electrons. The number of nitrogens with one attached hydrogen (secondary N) is 1. The Morgan fingerprint density at radius 1 is 1.64 bits per heavy atom. The maximum absolute atomic E-state index is 10.6. The molecule has 0 aliphatic rings. The van der Waals surface area contributed by atoms with E-state index in [1.807, 2.05) is 11.9 Å². The predicted octanol–water partition coefficient (Wildman–Crippen LogP) is -0.938. The first-order chi connectivity index (χ1) is 6.56. The Morgan fingerprint density at radius 2 is 2.29 bits per heavy atom. The van der Waals surface area contributed by atoms with Crippen molar-refractivity contribution in [1.29, 1.82) is 0 Å². The van der Waals surface area contributed by atoms with Crippen LogP contribution in [0.3, 0.4) is 0 Å². The number of amides is 1. The van der Waals surface area contributed by atoms with Crippen molar-refractivity contribution in [2.75, 3.05) is 40.4 Å². The quantitative estimate of drug-likeness (QED) is 0.562. The van der Waals surface area contributed by atoms with E-state index in [9.17, 15) is 9.90 Å². The minimum absolute atomic E-state index is 0.0316. The first kappa shape index (κ1) is 13.4. The third-order valence-corrected chi connectivity index (χ3v) is 1.75. The summed E-state index contributed by atoms with van der Waals surface area (Å²) < 4.78 is 4.80. The maximum atomic E-state index is 10.6. The number of likely N-dealkylation sites (N-methyl/N-ethyl adjacent to an activating group) is 1. The number of rotatable bonds is 7. The van der Waals surface area contributed by atoms with Gasteiger partial charge in [-0.1, -0.05) is 0 Å². The minimum atomic E-state index is -0.470. The molecule has 14 heavy (non-hydrogen) atoms. The summed E-state index contributed by atoms with van der Waals surface area (Å²) in [5.41, 5.74) is 0. The van der Waals surface area contributed by atoms with E-state index in [-0.39, 0.29) is 5.91 Å². The molecule has 0 rings (SSSR count). The van der Waals surface area contributed by atoms with Gasteiger partial charge in [0.15, 0.2) is 0 Å². The minimum Gasteiger partial charge on any atom is -0.389 e. The largest absolute Gasteiger partial charge is 0.389 e. The Kier molecular flexibility index (Phi) is 7.37. The number of ether oxygens (including phenoxy) is 1. The smallest absolute Gasteiger partial charge is 0.216 e. The Balaban J connectivity index is 3.44. The fourth-order valence-electron chi connectivity index (χ4n) is 1.12. The lowest BCUT2D eigenvalue weighted by Crippen LogP contribution is -2.37. The third-order valence-electron chi connectivity index (χ3n) is 1.75. The molecule has 0 spiro atoms. The molecular weight excluding hydrogens is 184 g/mol. The van der Waals surface area contributed by atoms with Gasteiger partial charge in [-0.15, -0.1) is 0 Å². The summed E-state index contributed by atoms with van der Waals surface area (Å²) in [6.45, 7) is 3.70. The number of carbonyl (C=O) groups is 1. The highest BCUT2D eigenvalue weighted by Gasteiger charge is 2.07.